The molecule has 0 bridgehead atoms. The molecule has 0 amide bonds. The molecule has 11 heavy (non-hydrogen) atoms. The van der Waals surface area contributed by atoms with Crippen molar-refractivity contribution in [2.45, 2.75) is 6.92 Å². The fourth-order valence-corrected chi connectivity index (χ4v) is 1.29. The van der Waals surface area contributed by atoms with Crippen LogP contribution < -0.4 is 0 Å². The summed E-state index contributed by atoms with van der Waals surface area (Å²) in [6, 6.07) is 0. The topological polar surface area (TPSA) is 15.6 Å². The number of hydrogen-bond acceptors (Lipinski definition) is 2. The van der Waals surface area contributed by atoms with Crippen LogP contribution in [-0.4, -0.2) is 17.7 Å². The summed E-state index contributed by atoms with van der Waals surface area (Å²) in [4.78, 5) is 6.41. The fraction of sp³-hybridized carbons (Fsp3) is 0.222. The van der Waals surface area contributed by atoms with Crippen molar-refractivity contribution in [2.24, 2.45) is 4.99 Å². The third kappa shape index (κ3) is 1.00. The highest BCUT2D eigenvalue weighted by Gasteiger charge is 2.11. The molecule has 0 aromatic carbocycles. The van der Waals surface area contributed by atoms with E-state index in [-0.39, 0.29) is 0 Å². The van der Waals surface area contributed by atoms with Crippen molar-refractivity contribution in [2.75, 3.05) is 6.54 Å². The Balaban J connectivity index is 2.43. The van der Waals surface area contributed by atoms with E-state index in [0.29, 0.717) is 0 Å². The number of fused-ring (bicyclic) bond motifs is 1. The molecule has 2 rings (SSSR count). The van der Waals surface area contributed by atoms with Gasteiger partial charge in [0.2, 0.25) is 0 Å². The van der Waals surface area contributed by atoms with Crippen LogP contribution in [0.3, 0.4) is 0 Å². The molecule has 0 radical (unpaired) electrons. The molecule has 2 heterocycles. The summed E-state index contributed by atoms with van der Waals surface area (Å²) < 4.78 is 0. The molecule has 0 aromatic rings. The quantitative estimate of drug-likeness (QED) is 0.507. The molecule has 0 saturated carbocycles. The van der Waals surface area contributed by atoms with E-state index < -0.39 is 0 Å². The van der Waals surface area contributed by atoms with E-state index in [1.807, 2.05) is 12.3 Å². The normalized spacial score (nSPS) is 21.0. The molecule has 2 aliphatic rings. The maximum absolute atomic E-state index is 4.27. The van der Waals surface area contributed by atoms with Crippen LogP contribution in [0.2, 0.25) is 0 Å². The zero-order chi connectivity index (χ0) is 7.68. The van der Waals surface area contributed by atoms with E-state index in [1.54, 1.807) is 0 Å². The van der Waals surface area contributed by atoms with Gasteiger partial charge in [-0.25, -0.2) is 4.99 Å². The minimum atomic E-state index is 0.945. The Morgan fingerprint density at radius 2 is 2.45 bits per heavy atom. The van der Waals surface area contributed by atoms with Gasteiger partial charge in [-0.15, -0.1) is 0 Å². The molecule has 2 nitrogen and oxygen atoms in total. The second kappa shape index (κ2) is 2.38. The molecule has 2 heteroatoms. The van der Waals surface area contributed by atoms with Crippen LogP contribution >= 0.6 is 0 Å². The fourth-order valence-electron chi connectivity index (χ4n) is 1.29. The first kappa shape index (κ1) is 6.40. The molecule has 0 spiro atoms. The van der Waals surface area contributed by atoms with Crippen LogP contribution in [0.1, 0.15) is 6.92 Å². The highest BCUT2D eigenvalue weighted by atomic mass is 15.2. The van der Waals surface area contributed by atoms with E-state index >= 15 is 0 Å². The summed E-state index contributed by atoms with van der Waals surface area (Å²) in [5.41, 5.74) is 1.23. The van der Waals surface area contributed by atoms with Crippen molar-refractivity contribution in [3.8, 4) is 0 Å². The minimum Gasteiger partial charge on any atom is -0.329 e. The van der Waals surface area contributed by atoms with Gasteiger partial charge < -0.3 is 4.90 Å². The molecular weight excluding hydrogens is 136 g/mol. The molecular formula is C9H10N2. The van der Waals surface area contributed by atoms with Crippen LogP contribution in [0, 0.1) is 0 Å². The molecule has 0 N–H and O–H groups in total. The highest BCUT2D eigenvalue weighted by molar-refractivity contribution is 5.73. The molecule has 0 saturated heterocycles. The molecule has 0 atom stereocenters. The van der Waals surface area contributed by atoms with Crippen molar-refractivity contribution in [1.29, 1.82) is 0 Å². The lowest BCUT2D eigenvalue weighted by Gasteiger charge is -2.25. The smallest absolute Gasteiger partial charge is 0.135 e. The van der Waals surface area contributed by atoms with Gasteiger partial charge in [0, 0.05) is 19.0 Å². The van der Waals surface area contributed by atoms with Gasteiger partial charge in [0.25, 0.3) is 0 Å². The zero-order valence-electron chi connectivity index (χ0n) is 6.49. The second-order valence-corrected chi connectivity index (χ2v) is 2.68. The Kier molecular flexibility index (Phi) is 1.39. The van der Waals surface area contributed by atoms with E-state index in [4.69, 9.17) is 0 Å². The van der Waals surface area contributed by atoms with E-state index in [0.717, 1.165) is 12.4 Å². The highest BCUT2D eigenvalue weighted by Crippen LogP contribution is 2.19. The summed E-state index contributed by atoms with van der Waals surface area (Å²) >= 11 is 0. The number of rotatable bonds is 0. The lowest BCUT2D eigenvalue weighted by atomic mass is 10.2. The van der Waals surface area contributed by atoms with Gasteiger partial charge in [0.05, 0.1) is 0 Å². The van der Waals surface area contributed by atoms with Gasteiger partial charge in [0.15, 0.2) is 0 Å². The summed E-state index contributed by atoms with van der Waals surface area (Å²) in [7, 11) is 0. The van der Waals surface area contributed by atoms with Gasteiger partial charge in [-0.05, 0) is 18.6 Å². The van der Waals surface area contributed by atoms with Gasteiger partial charge in [0.1, 0.15) is 5.82 Å². The van der Waals surface area contributed by atoms with Crippen molar-refractivity contribution < 1.29 is 0 Å². The standard InChI is InChI=1S/C9H10N2/c1-8-4-2-6-11-7-3-5-10-9(8)11/h2-5,7H,6H2,1H3. The maximum atomic E-state index is 4.27. The number of hydrogen-bond donors (Lipinski definition) is 0. The lowest BCUT2D eigenvalue weighted by molar-refractivity contribution is 0.496. The minimum absolute atomic E-state index is 0.945. The van der Waals surface area contributed by atoms with Crippen molar-refractivity contribution >= 4 is 6.21 Å². The molecule has 56 valence electrons. The third-order valence-electron chi connectivity index (χ3n) is 1.84. The molecule has 2 aliphatic heterocycles. The Hall–Kier alpha value is -1.31. The van der Waals surface area contributed by atoms with Crippen LogP contribution in [0.5, 0.6) is 0 Å². The van der Waals surface area contributed by atoms with Gasteiger partial charge in [-0.1, -0.05) is 12.2 Å². The first-order valence-electron chi connectivity index (χ1n) is 3.73. The molecule has 0 aliphatic carbocycles. The predicted molar refractivity (Wildman–Crippen MR) is 46.2 cm³/mol. The average molecular weight is 146 g/mol. The van der Waals surface area contributed by atoms with E-state index in [1.165, 1.54) is 5.57 Å². The summed E-state index contributed by atoms with van der Waals surface area (Å²) in [6.45, 7) is 3.02. The van der Waals surface area contributed by atoms with Gasteiger partial charge >= 0.3 is 0 Å². The summed E-state index contributed by atoms with van der Waals surface area (Å²) in [5, 5.41) is 0. The van der Waals surface area contributed by atoms with Crippen molar-refractivity contribution in [3.63, 3.8) is 0 Å². The van der Waals surface area contributed by atoms with Crippen LogP contribution in [0.4, 0.5) is 0 Å². The monoisotopic (exact) mass is 146 g/mol. The Labute approximate surface area is 66.2 Å². The summed E-state index contributed by atoms with van der Waals surface area (Å²) in [6.07, 6.45) is 10.1. The number of nitrogens with zero attached hydrogens (tertiary/aromatic N) is 2. The van der Waals surface area contributed by atoms with E-state index in [9.17, 15) is 0 Å². The van der Waals surface area contributed by atoms with Gasteiger partial charge in [-0.2, -0.15) is 0 Å². The van der Waals surface area contributed by atoms with Crippen molar-refractivity contribution in [1.82, 2.24) is 4.90 Å². The van der Waals surface area contributed by atoms with Crippen molar-refractivity contribution in [3.05, 3.63) is 35.8 Å². The van der Waals surface area contributed by atoms with Crippen LogP contribution in [0.25, 0.3) is 0 Å². The number of aliphatic imine (C=N–C) groups is 1. The Bertz CT molecular complexity index is 282. The van der Waals surface area contributed by atoms with E-state index in [2.05, 4.69) is 35.2 Å². The average Bonchev–Trinajstić information content (AvgIpc) is 2.06. The Morgan fingerprint density at radius 3 is 3.27 bits per heavy atom. The third-order valence-corrected chi connectivity index (χ3v) is 1.84. The second-order valence-electron chi connectivity index (χ2n) is 2.68. The van der Waals surface area contributed by atoms with Crippen LogP contribution in [0.15, 0.2) is 40.8 Å². The number of allylic oxidation sites excluding steroid dienone is 3. The van der Waals surface area contributed by atoms with Gasteiger partial charge in [-0.3, -0.25) is 0 Å². The maximum Gasteiger partial charge on any atom is 0.135 e. The first-order chi connectivity index (χ1) is 5.38. The molecule has 0 fully saturated rings. The predicted octanol–water partition coefficient (Wildman–Crippen LogP) is 1.69. The zero-order valence-corrected chi connectivity index (χ0v) is 6.49. The lowest BCUT2D eigenvalue weighted by Crippen LogP contribution is -2.21. The Morgan fingerprint density at radius 1 is 1.55 bits per heavy atom. The molecule has 0 unspecified atom stereocenters. The molecule has 0 aromatic heterocycles. The largest absolute Gasteiger partial charge is 0.329 e. The summed E-state index contributed by atoms with van der Waals surface area (Å²) in [5.74, 6) is 1.08. The van der Waals surface area contributed by atoms with Crippen LogP contribution in [-0.2, 0) is 0 Å². The SMILES string of the molecule is CC1=C2N=CC=CN2CC=C1. The first-order valence-corrected chi connectivity index (χ1v) is 3.73.